The molecular formula is C25H29N3O4S. The SMILES string of the molecule is Cc1cc(C)c(C)c(S(=O)(=O)Nc2ccc(N3CCCC(C(=O)O)C3)c3ncccc23)c1C. The van der Waals surface area contributed by atoms with Crippen LogP contribution in [0.4, 0.5) is 11.4 Å². The molecule has 0 spiro atoms. The van der Waals surface area contributed by atoms with Crippen LogP contribution >= 0.6 is 0 Å². The number of benzene rings is 2. The highest BCUT2D eigenvalue weighted by Crippen LogP contribution is 2.35. The van der Waals surface area contributed by atoms with E-state index in [1.54, 1.807) is 18.3 Å². The van der Waals surface area contributed by atoms with E-state index in [1.807, 2.05) is 50.8 Å². The van der Waals surface area contributed by atoms with Crippen LogP contribution < -0.4 is 9.62 Å². The number of anilines is 2. The van der Waals surface area contributed by atoms with Gasteiger partial charge in [0, 0.05) is 24.7 Å². The Labute approximate surface area is 194 Å². The van der Waals surface area contributed by atoms with Gasteiger partial charge in [-0.1, -0.05) is 6.07 Å². The third-order valence-corrected chi connectivity index (χ3v) is 8.31. The molecule has 8 heteroatoms. The van der Waals surface area contributed by atoms with Gasteiger partial charge < -0.3 is 10.0 Å². The molecule has 2 aromatic carbocycles. The highest BCUT2D eigenvalue weighted by Gasteiger charge is 2.28. The van der Waals surface area contributed by atoms with Crippen molar-refractivity contribution >= 4 is 38.3 Å². The smallest absolute Gasteiger partial charge is 0.308 e. The number of rotatable bonds is 5. The molecule has 0 bridgehead atoms. The third-order valence-electron chi connectivity index (χ3n) is 6.67. The summed E-state index contributed by atoms with van der Waals surface area (Å²) in [4.78, 5) is 18.4. The highest BCUT2D eigenvalue weighted by atomic mass is 32.2. The van der Waals surface area contributed by atoms with Gasteiger partial charge in [-0.2, -0.15) is 0 Å². The molecule has 0 radical (unpaired) electrons. The van der Waals surface area contributed by atoms with Gasteiger partial charge in [-0.05, 0) is 87.1 Å². The van der Waals surface area contributed by atoms with Gasteiger partial charge in [0.2, 0.25) is 0 Å². The fourth-order valence-electron chi connectivity index (χ4n) is 4.68. The van der Waals surface area contributed by atoms with Gasteiger partial charge in [-0.3, -0.25) is 14.5 Å². The minimum atomic E-state index is -3.84. The van der Waals surface area contributed by atoms with Crippen molar-refractivity contribution in [3.63, 3.8) is 0 Å². The summed E-state index contributed by atoms with van der Waals surface area (Å²) in [6, 6.07) is 9.19. The number of sulfonamides is 1. The Balaban J connectivity index is 1.77. The molecule has 2 heterocycles. The van der Waals surface area contributed by atoms with Crippen molar-refractivity contribution in [2.24, 2.45) is 5.92 Å². The summed E-state index contributed by atoms with van der Waals surface area (Å²) in [6.45, 7) is 8.63. The number of nitrogens with zero attached hydrogens (tertiary/aromatic N) is 2. The van der Waals surface area contributed by atoms with E-state index >= 15 is 0 Å². The molecule has 0 amide bonds. The number of carboxylic acids is 1. The Morgan fingerprint density at radius 3 is 2.48 bits per heavy atom. The average molecular weight is 468 g/mol. The predicted molar refractivity (Wildman–Crippen MR) is 131 cm³/mol. The second kappa shape index (κ2) is 8.67. The summed E-state index contributed by atoms with van der Waals surface area (Å²) in [5.41, 5.74) is 5.25. The summed E-state index contributed by atoms with van der Waals surface area (Å²) in [7, 11) is -3.84. The lowest BCUT2D eigenvalue weighted by molar-refractivity contribution is -0.141. The first-order chi connectivity index (χ1) is 15.6. The van der Waals surface area contributed by atoms with Gasteiger partial charge in [0.1, 0.15) is 0 Å². The number of aliphatic carboxylic acids is 1. The fourth-order valence-corrected chi connectivity index (χ4v) is 6.38. The van der Waals surface area contributed by atoms with Crippen LogP contribution in [0.3, 0.4) is 0 Å². The molecule has 3 aromatic rings. The zero-order valence-electron chi connectivity index (χ0n) is 19.3. The normalized spacial score (nSPS) is 16.7. The van der Waals surface area contributed by atoms with Crippen molar-refractivity contribution in [1.82, 2.24) is 4.98 Å². The monoisotopic (exact) mass is 467 g/mol. The van der Waals surface area contributed by atoms with Crippen LogP contribution in [-0.2, 0) is 14.8 Å². The maximum absolute atomic E-state index is 13.5. The number of carboxylic acid groups (broad SMARTS) is 1. The number of hydrogen-bond donors (Lipinski definition) is 2. The van der Waals surface area contributed by atoms with Crippen molar-refractivity contribution in [3.8, 4) is 0 Å². The Bertz CT molecular complexity index is 1330. The maximum atomic E-state index is 13.5. The number of aromatic nitrogens is 1. The third kappa shape index (κ3) is 4.27. The Hall–Kier alpha value is -3.13. The van der Waals surface area contributed by atoms with E-state index in [2.05, 4.69) is 9.71 Å². The van der Waals surface area contributed by atoms with Crippen molar-refractivity contribution in [1.29, 1.82) is 0 Å². The Morgan fingerprint density at radius 1 is 1.12 bits per heavy atom. The van der Waals surface area contributed by atoms with E-state index in [0.29, 0.717) is 34.5 Å². The van der Waals surface area contributed by atoms with Crippen LogP contribution in [0.25, 0.3) is 10.9 Å². The summed E-state index contributed by atoms with van der Waals surface area (Å²) < 4.78 is 29.8. The fraction of sp³-hybridized carbons (Fsp3) is 0.360. The second-order valence-electron chi connectivity index (χ2n) is 8.85. The van der Waals surface area contributed by atoms with E-state index in [9.17, 15) is 18.3 Å². The van der Waals surface area contributed by atoms with Crippen molar-refractivity contribution < 1.29 is 18.3 Å². The molecule has 1 saturated heterocycles. The first-order valence-corrected chi connectivity index (χ1v) is 12.5. The molecule has 1 fully saturated rings. The van der Waals surface area contributed by atoms with Crippen LogP contribution in [0.5, 0.6) is 0 Å². The number of nitrogens with one attached hydrogen (secondary N) is 1. The van der Waals surface area contributed by atoms with E-state index < -0.39 is 21.9 Å². The number of fused-ring (bicyclic) bond motifs is 1. The van der Waals surface area contributed by atoms with E-state index in [-0.39, 0.29) is 0 Å². The molecule has 174 valence electrons. The quantitative estimate of drug-likeness (QED) is 0.570. The second-order valence-corrected chi connectivity index (χ2v) is 10.5. The van der Waals surface area contributed by atoms with Crippen molar-refractivity contribution in [3.05, 3.63) is 58.8 Å². The average Bonchev–Trinajstić information content (AvgIpc) is 2.78. The molecule has 7 nitrogen and oxygen atoms in total. The van der Waals surface area contributed by atoms with Crippen LogP contribution in [0.1, 0.15) is 35.1 Å². The standard InChI is InChI=1S/C25H29N3O4S/c1-15-13-16(2)18(4)24(17(15)3)33(31,32)27-21-9-10-22(23-20(21)8-5-11-26-23)28-12-6-7-19(14-28)25(29)30/h5,8-11,13,19,27H,6-7,12,14H2,1-4H3,(H,29,30). The minimum absolute atomic E-state index is 0.307. The summed E-state index contributed by atoms with van der Waals surface area (Å²) in [6.07, 6.45) is 3.11. The minimum Gasteiger partial charge on any atom is -0.481 e. The predicted octanol–water partition coefficient (Wildman–Crippen LogP) is 4.57. The van der Waals surface area contributed by atoms with Crippen LogP contribution in [0, 0.1) is 33.6 Å². The first kappa shape index (κ1) is 23.0. The molecule has 4 rings (SSSR count). The van der Waals surface area contributed by atoms with Crippen LogP contribution in [0.2, 0.25) is 0 Å². The molecule has 2 N–H and O–H groups in total. The molecule has 1 aliphatic rings. The molecule has 1 aliphatic heterocycles. The van der Waals surface area contributed by atoms with Gasteiger partial charge in [0.25, 0.3) is 10.0 Å². The van der Waals surface area contributed by atoms with Gasteiger partial charge in [-0.25, -0.2) is 8.42 Å². The topological polar surface area (TPSA) is 99.6 Å². The lowest BCUT2D eigenvalue weighted by atomic mass is 9.97. The number of piperidine rings is 1. The zero-order valence-corrected chi connectivity index (χ0v) is 20.2. The first-order valence-electron chi connectivity index (χ1n) is 11.1. The van der Waals surface area contributed by atoms with Crippen LogP contribution in [0.15, 0.2) is 41.4 Å². The number of aryl methyl sites for hydroxylation is 2. The van der Waals surface area contributed by atoms with Gasteiger partial charge in [-0.15, -0.1) is 0 Å². The van der Waals surface area contributed by atoms with Crippen LogP contribution in [-0.4, -0.2) is 37.6 Å². The summed E-state index contributed by atoms with van der Waals surface area (Å²) in [5.74, 6) is -1.22. The molecule has 1 atom stereocenters. The van der Waals surface area contributed by atoms with E-state index in [1.165, 1.54) is 0 Å². The summed E-state index contributed by atoms with van der Waals surface area (Å²) in [5, 5.41) is 10.1. The van der Waals surface area contributed by atoms with Crippen molar-refractivity contribution in [2.45, 2.75) is 45.4 Å². The number of pyridine rings is 1. The molecule has 1 unspecified atom stereocenters. The summed E-state index contributed by atoms with van der Waals surface area (Å²) >= 11 is 0. The lowest BCUT2D eigenvalue weighted by Crippen LogP contribution is -2.38. The van der Waals surface area contributed by atoms with Gasteiger partial charge >= 0.3 is 5.97 Å². The molecular weight excluding hydrogens is 438 g/mol. The number of hydrogen-bond acceptors (Lipinski definition) is 5. The van der Waals surface area contributed by atoms with E-state index in [4.69, 9.17) is 0 Å². The lowest BCUT2D eigenvalue weighted by Gasteiger charge is -2.33. The largest absolute Gasteiger partial charge is 0.481 e. The van der Waals surface area contributed by atoms with Crippen molar-refractivity contribution in [2.75, 3.05) is 22.7 Å². The number of carbonyl (C=O) groups is 1. The maximum Gasteiger partial charge on any atom is 0.308 e. The molecule has 33 heavy (non-hydrogen) atoms. The molecule has 0 saturated carbocycles. The highest BCUT2D eigenvalue weighted by molar-refractivity contribution is 7.92. The zero-order chi connectivity index (χ0) is 23.9. The Kier molecular flexibility index (Phi) is 6.05. The van der Waals surface area contributed by atoms with E-state index in [0.717, 1.165) is 40.9 Å². The molecule has 0 aliphatic carbocycles. The molecule has 1 aromatic heterocycles. The van der Waals surface area contributed by atoms with Gasteiger partial charge in [0.15, 0.2) is 0 Å². The van der Waals surface area contributed by atoms with Gasteiger partial charge in [0.05, 0.1) is 27.7 Å². The Morgan fingerprint density at radius 2 is 1.82 bits per heavy atom.